The number of aromatic amines is 1. The fraction of sp³-hybridized carbons (Fsp3) is 0.474. The van der Waals surface area contributed by atoms with E-state index in [0.29, 0.717) is 13.1 Å². The first kappa shape index (κ1) is 20.8. The van der Waals surface area contributed by atoms with Gasteiger partial charge >= 0.3 is 10.3 Å². The van der Waals surface area contributed by atoms with E-state index in [1.807, 2.05) is 31.4 Å². The summed E-state index contributed by atoms with van der Waals surface area (Å²) >= 11 is 0. The lowest BCUT2D eigenvalue weighted by molar-refractivity contribution is 0.244. The predicted octanol–water partition coefficient (Wildman–Crippen LogP) is 1.12. The Kier molecular flexibility index (Phi) is 5.78. The Morgan fingerprint density at radius 1 is 1.23 bits per heavy atom. The Morgan fingerprint density at radius 3 is 2.67 bits per heavy atom. The van der Waals surface area contributed by atoms with Crippen molar-refractivity contribution >= 4 is 27.2 Å². The minimum atomic E-state index is -4.14. The Balaban J connectivity index is 0.000000204. The summed E-state index contributed by atoms with van der Waals surface area (Å²) in [4.78, 5) is 13.6. The minimum Gasteiger partial charge on any atom is -0.353 e. The molecule has 1 aliphatic carbocycles. The second-order valence-corrected chi connectivity index (χ2v) is 8.99. The van der Waals surface area contributed by atoms with Crippen LogP contribution in [0.1, 0.15) is 12.8 Å². The molecular formula is C19H27N7O3S. The van der Waals surface area contributed by atoms with Crippen LogP contribution in [0.25, 0.3) is 11.0 Å². The number of H-pyrrole nitrogens is 1. The van der Waals surface area contributed by atoms with E-state index in [1.165, 1.54) is 10.6 Å². The molecule has 0 bridgehead atoms. The van der Waals surface area contributed by atoms with Crippen LogP contribution in [-0.2, 0) is 16.8 Å². The van der Waals surface area contributed by atoms with Crippen LogP contribution in [-0.4, -0.2) is 75.6 Å². The zero-order valence-electron chi connectivity index (χ0n) is 16.9. The maximum absolute atomic E-state index is 11.5. The van der Waals surface area contributed by atoms with Crippen molar-refractivity contribution in [2.75, 3.05) is 38.1 Å². The van der Waals surface area contributed by atoms with Crippen LogP contribution in [0.2, 0.25) is 0 Å². The maximum Gasteiger partial charge on any atom is 0.336 e. The standard InChI is InChI=1S/C12H15N5O3S.C7H12N2/c18-21(19,20)17-6-5-16(7-12(17)2-3-12)11-9-1-4-13-10(9)14-8-15-11;1-8-4-7-9-5-2-3-6-9/h1,4,8H,2-3,5-7H2,(H,13,14,15)(H,18,19,20);2-3,5-6,8H,4,7H2,1H3. The summed E-state index contributed by atoms with van der Waals surface area (Å²) in [5.41, 5.74) is 0.293. The van der Waals surface area contributed by atoms with Gasteiger partial charge < -0.3 is 19.8 Å². The van der Waals surface area contributed by atoms with Crippen molar-refractivity contribution in [2.45, 2.75) is 24.9 Å². The third-order valence-electron chi connectivity index (χ3n) is 5.61. The van der Waals surface area contributed by atoms with Crippen molar-refractivity contribution in [1.82, 2.24) is 29.1 Å². The number of nitrogens with one attached hydrogen (secondary N) is 2. The van der Waals surface area contributed by atoms with Gasteiger partial charge in [-0.25, -0.2) is 9.97 Å². The smallest absolute Gasteiger partial charge is 0.336 e. The predicted molar refractivity (Wildman–Crippen MR) is 115 cm³/mol. The lowest BCUT2D eigenvalue weighted by atomic mass is 10.2. The average Bonchev–Trinajstić information content (AvgIpc) is 3.15. The number of rotatable bonds is 5. The zero-order valence-corrected chi connectivity index (χ0v) is 17.7. The van der Waals surface area contributed by atoms with Gasteiger partial charge in [0.1, 0.15) is 17.8 Å². The Labute approximate surface area is 175 Å². The number of piperazine rings is 1. The van der Waals surface area contributed by atoms with Crippen molar-refractivity contribution in [3.05, 3.63) is 43.1 Å². The van der Waals surface area contributed by atoms with Crippen LogP contribution in [0.3, 0.4) is 0 Å². The van der Waals surface area contributed by atoms with Gasteiger partial charge in [-0.3, -0.25) is 4.55 Å². The highest BCUT2D eigenvalue weighted by Crippen LogP contribution is 2.46. The summed E-state index contributed by atoms with van der Waals surface area (Å²) in [6.07, 6.45) is 8.98. The lowest BCUT2D eigenvalue weighted by Gasteiger charge is -2.40. The monoisotopic (exact) mass is 433 g/mol. The molecule has 0 radical (unpaired) electrons. The van der Waals surface area contributed by atoms with Crippen molar-refractivity contribution < 1.29 is 13.0 Å². The third kappa shape index (κ3) is 4.33. The van der Waals surface area contributed by atoms with E-state index in [2.05, 4.69) is 42.1 Å². The molecule has 30 heavy (non-hydrogen) atoms. The summed E-state index contributed by atoms with van der Waals surface area (Å²) in [6, 6.07) is 5.99. The summed E-state index contributed by atoms with van der Waals surface area (Å²) < 4.78 is 35.7. The van der Waals surface area contributed by atoms with E-state index in [9.17, 15) is 13.0 Å². The number of hydrogen-bond acceptors (Lipinski definition) is 6. The molecule has 1 saturated heterocycles. The van der Waals surface area contributed by atoms with Crippen LogP contribution in [0.5, 0.6) is 0 Å². The van der Waals surface area contributed by atoms with Gasteiger partial charge in [0.2, 0.25) is 0 Å². The fourth-order valence-corrected chi connectivity index (χ4v) is 4.97. The molecule has 2 aliphatic rings. The van der Waals surface area contributed by atoms with E-state index >= 15 is 0 Å². The van der Waals surface area contributed by atoms with Crippen molar-refractivity contribution in [3.63, 3.8) is 0 Å². The molecule has 5 rings (SSSR count). The maximum atomic E-state index is 11.5. The van der Waals surface area contributed by atoms with Crippen LogP contribution >= 0.6 is 0 Å². The Hall–Kier alpha value is -2.47. The zero-order chi connectivity index (χ0) is 21.2. The lowest BCUT2D eigenvalue weighted by Crippen LogP contribution is -2.57. The molecule has 162 valence electrons. The third-order valence-corrected chi connectivity index (χ3v) is 6.74. The van der Waals surface area contributed by atoms with E-state index in [0.717, 1.165) is 42.8 Å². The molecule has 3 N–H and O–H groups in total. The second kappa shape index (κ2) is 8.34. The largest absolute Gasteiger partial charge is 0.353 e. The van der Waals surface area contributed by atoms with Crippen molar-refractivity contribution in [2.24, 2.45) is 0 Å². The number of likely N-dealkylation sites (N-methyl/N-ethyl adjacent to an activating group) is 1. The highest BCUT2D eigenvalue weighted by Gasteiger charge is 2.55. The molecule has 0 aromatic carbocycles. The van der Waals surface area contributed by atoms with Crippen LogP contribution in [0.15, 0.2) is 43.1 Å². The molecule has 3 aromatic rings. The summed E-state index contributed by atoms with van der Waals surface area (Å²) in [7, 11) is -2.18. The van der Waals surface area contributed by atoms with Crippen molar-refractivity contribution in [1.29, 1.82) is 0 Å². The van der Waals surface area contributed by atoms with Gasteiger partial charge in [-0.2, -0.15) is 12.7 Å². The molecule has 4 heterocycles. The Bertz CT molecular complexity index is 1080. The minimum absolute atomic E-state index is 0.273. The molecule has 0 atom stereocenters. The average molecular weight is 434 g/mol. The molecule has 3 aromatic heterocycles. The normalized spacial score (nSPS) is 18.4. The second-order valence-electron chi connectivity index (χ2n) is 7.66. The van der Waals surface area contributed by atoms with Gasteiger partial charge in [0.25, 0.3) is 0 Å². The number of aromatic nitrogens is 4. The summed E-state index contributed by atoms with van der Waals surface area (Å²) in [5.74, 6) is 0.808. The SMILES string of the molecule is CNCCn1cccc1.O=S(=O)(O)N1CCN(c2ncnc3[nH]ccc23)CC12CC2. The Morgan fingerprint density at radius 2 is 2.00 bits per heavy atom. The van der Waals surface area contributed by atoms with Crippen LogP contribution in [0.4, 0.5) is 5.82 Å². The molecule has 1 aliphatic heterocycles. The first-order valence-electron chi connectivity index (χ1n) is 9.97. The number of nitrogens with zero attached hydrogens (tertiary/aromatic N) is 5. The number of fused-ring (bicyclic) bond motifs is 1. The highest BCUT2D eigenvalue weighted by atomic mass is 32.2. The van der Waals surface area contributed by atoms with Crippen LogP contribution in [0, 0.1) is 0 Å². The summed E-state index contributed by atoms with van der Waals surface area (Å²) in [6.45, 7) is 3.41. The number of hydrogen-bond donors (Lipinski definition) is 3. The molecule has 10 nitrogen and oxygen atoms in total. The first-order chi connectivity index (χ1) is 14.4. The van der Waals surface area contributed by atoms with Gasteiger partial charge in [0, 0.05) is 51.3 Å². The van der Waals surface area contributed by atoms with E-state index in [1.54, 1.807) is 0 Å². The first-order valence-corrected chi connectivity index (χ1v) is 11.4. The molecule has 1 spiro atoms. The van der Waals surface area contributed by atoms with Gasteiger partial charge in [0.15, 0.2) is 0 Å². The van der Waals surface area contributed by atoms with E-state index in [4.69, 9.17) is 0 Å². The van der Waals surface area contributed by atoms with Crippen LogP contribution < -0.4 is 10.2 Å². The highest BCUT2D eigenvalue weighted by molar-refractivity contribution is 7.83. The van der Waals surface area contributed by atoms with E-state index in [-0.39, 0.29) is 6.54 Å². The number of anilines is 1. The quantitative estimate of drug-likeness (QED) is 0.516. The molecular weight excluding hydrogens is 406 g/mol. The topological polar surface area (TPSA) is 119 Å². The van der Waals surface area contributed by atoms with Gasteiger partial charge in [-0.15, -0.1) is 0 Å². The van der Waals surface area contributed by atoms with Crippen molar-refractivity contribution in [3.8, 4) is 0 Å². The molecule has 11 heteroatoms. The molecule has 0 amide bonds. The molecule has 0 unspecified atom stereocenters. The van der Waals surface area contributed by atoms with Gasteiger partial charge in [0.05, 0.1) is 10.9 Å². The fourth-order valence-electron chi connectivity index (χ4n) is 3.93. The van der Waals surface area contributed by atoms with Gasteiger partial charge in [-0.1, -0.05) is 0 Å². The van der Waals surface area contributed by atoms with E-state index < -0.39 is 15.8 Å². The molecule has 1 saturated carbocycles. The molecule has 2 fully saturated rings. The summed E-state index contributed by atoms with van der Waals surface area (Å²) in [5, 5.41) is 4.01. The van der Waals surface area contributed by atoms with Gasteiger partial charge in [-0.05, 0) is 38.1 Å².